The minimum absolute atomic E-state index is 0.240. The number of rotatable bonds is 7. The molecule has 5 nitrogen and oxygen atoms in total. The van der Waals surface area contributed by atoms with Gasteiger partial charge in [0.05, 0.1) is 26.5 Å². The quantitative estimate of drug-likeness (QED) is 0.468. The van der Waals surface area contributed by atoms with E-state index >= 15 is 0 Å². The lowest BCUT2D eigenvalue weighted by Gasteiger charge is -2.19. The fraction of sp³-hybridized carbons (Fsp3) is 0.364. The topological polar surface area (TPSA) is 73.7 Å². The van der Waals surface area contributed by atoms with Gasteiger partial charge < -0.3 is 20.2 Å². The third-order valence-electron chi connectivity index (χ3n) is 4.16. The van der Waals surface area contributed by atoms with Gasteiger partial charge in [-0.3, -0.25) is 0 Å². The van der Waals surface area contributed by atoms with E-state index in [9.17, 15) is 4.39 Å². The Morgan fingerprint density at radius 1 is 1.14 bits per heavy atom. The van der Waals surface area contributed by atoms with E-state index < -0.39 is 5.82 Å². The van der Waals surface area contributed by atoms with Crippen molar-refractivity contribution in [2.45, 2.75) is 40.2 Å². The smallest absolute Gasteiger partial charge is 0.131 e. The highest BCUT2D eigenvalue weighted by Crippen LogP contribution is 2.35. The van der Waals surface area contributed by atoms with Crippen LogP contribution in [0.5, 0.6) is 11.5 Å². The zero-order valence-corrected chi connectivity index (χ0v) is 18.7. The summed E-state index contributed by atoms with van der Waals surface area (Å²) in [7, 11) is 3.19. The van der Waals surface area contributed by atoms with Gasteiger partial charge in [0, 0.05) is 22.9 Å². The molecule has 0 atom stereocenters. The first-order chi connectivity index (χ1) is 13.8. The predicted octanol–water partition coefficient (Wildman–Crippen LogP) is 5.28. The van der Waals surface area contributed by atoms with Crippen molar-refractivity contribution in [3.8, 4) is 11.5 Å². The molecular formula is C22H31ClFN3O2. The average molecular weight is 424 g/mol. The summed E-state index contributed by atoms with van der Waals surface area (Å²) in [5.41, 5.74) is 9.11. The SMILES string of the molecule is CC.COc1cc(OC)c(C(C)C)cc1/C(N)=C/N(N)Cc1ccc(F)cc1Cl. The molecule has 0 fully saturated rings. The molecule has 160 valence electrons. The minimum atomic E-state index is -0.397. The highest BCUT2D eigenvalue weighted by atomic mass is 35.5. The van der Waals surface area contributed by atoms with Crippen LogP contribution in [-0.4, -0.2) is 19.2 Å². The van der Waals surface area contributed by atoms with Gasteiger partial charge in [0.2, 0.25) is 0 Å². The number of nitrogens with two attached hydrogens (primary N) is 2. The molecule has 0 heterocycles. The predicted molar refractivity (Wildman–Crippen MR) is 118 cm³/mol. The maximum Gasteiger partial charge on any atom is 0.131 e. The molecule has 0 spiro atoms. The first-order valence-electron chi connectivity index (χ1n) is 9.45. The van der Waals surface area contributed by atoms with Gasteiger partial charge in [0.1, 0.15) is 17.3 Å². The number of benzene rings is 2. The Bertz CT molecular complexity index is 841. The van der Waals surface area contributed by atoms with Gasteiger partial charge in [-0.2, -0.15) is 0 Å². The highest BCUT2D eigenvalue weighted by Gasteiger charge is 2.16. The molecule has 0 saturated carbocycles. The zero-order valence-electron chi connectivity index (χ0n) is 17.9. The van der Waals surface area contributed by atoms with E-state index in [0.717, 1.165) is 11.3 Å². The lowest BCUT2D eigenvalue weighted by atomic mass is 9.97. The third kappa shape index (κ3) is 6.54. The lowest BCUT2D eigenvalue weighted by molar-refractivity contribution is 0.384. The molecule has 4 N–H and O–H groups in total. The first-order valence-corrected chi connectivity index (χ1v) is 9.83. The van der Waals surface area contributed by atoms with Crippen LogP contribution in [0.3, 0.4) is 0 Å². The number of halogens is 2. The van der Waals surface area contributed by atoms with E-state index in [1.54, 1.807) is 26.5 Å². The molecule has 0 aliphatic heterocycles. The highest BCUT2D eigenvalue weighted by molar-refractivity contribution is 6.31. The summed E-state index contributed by atoms with van der Waals surface area (Å²) in [5, 5.41) is 1.70. The number of methoxy groups -OCH3 is 2. The Morgan fingerprint density at radius 2 is 1.76 bits per heavy atom. The van der Waals surface area contributed by atoms with Crippen LogP contribution in [0.25, 0.3) is 5.70 Å². The first kappa shape index (κ1) is 24.6. The van der Waals surface area contributed by atoms with Gasteiger partial charge >= 0.3 is 0 Å². The Morgan fingerprint density at radius 3 is 2.28 bits per heavy atom. The fourth-order valence-corrected chi connectivity index (χ4v) is 2.97. The standard InChI is InChI=1S/C20H25ClFN3O2.C2H6/c1-12(2)15-8-16(20(27-4)9-19(15)26-3)18(23)11-25(24)10-13-5-6-14(22)7-17(13)21;1-2/h5-9,11-12H,10,23-24H2,1-4H3;1-2H3/b18-11-;. The summed E-state index contributed by atoms with van der Waals surface area (Å²) in [4.78, 5) is 0. The number of ether oxygens (including phenoxy) is 2. The maximum atomic E-state index is 13.2. The van der Waals surface area contributed by atoms with E-state index in [2.05, 4.69) is 13.8 Å². The monoisotopic (exact) mass is 423 g/mol. The molecule has 0 bridgehead atoms. The van der Waals surface area contributed by atoms with Gasteiger partial charge in [-0.05, 0) is 35.2 Å². The van der Waals surface area contributed by atoms with Crippen molar-refractivity contribution in [2.75, 3.05) is 14.2 Å². The molecule has 2 aromatic carbocycles. The van der Waals surface area contributed by atoms with Crippen molar-refractivity contribution >= 4 is 17.3 Å². The second-order valence-electron chi connectivity index (χ2n) is 6.44. The van der Waals surface area contributed by atoms with Crippen molar-refractivity contribution < 1.29 is 13.9 Å². The normalized spacial score (nSPS) is 11.0. The van der Waals surface area contributed by atoms with E-state index in [0.29, 0.717) is 27.6 Å². The van der Waals surface area contributed by atoms with E-state index in [1.165, 1.54) is 17.1 Å². The largest absolute Gasteiger partial charge is 0.496 e. The molecule has 7 heteroatoms. The summed E-state index contributed by atoms with van der Waals surface area (Å²) in [6.45, 7) is 8.41. The van der Waals surface area contributed by atoms with Crippen molar-refractivity contribution in [1.29, 1.82) is 0 Å². The van der Waals surface area contributed by atoms with Crippen molar-refractivity contribution in [3.05, 3.63) is 64.1 Å². The van der Waals surface area contributed by atoms with Crippen LogP contribution in [0.2, 0.25) is 5.02 Å². The number of hydrogen-bond donors (Lipinski definition) is 2. The van der Waals surface area contributed by atoms with E-state index in [-0.39, 0.29) is 12.5 Å². The zero-order chi connectivity index (χ0) is 22.1. The van der Waals surface area contributed by atoms with Crippen LogP contribution in [-0.2, 0) is 6.54 Å². The average Bonchev–Trinajstić information content (AvgIpc) is 2.70. The van der Waals surface area contributed by atoms with Crippen LogP contribution in [0.4, 0.5) is 4.39 Å². The second kappa shape index (κ2) is 11.5. The molecule has 2 rings (SSSR count). The third-order valence-corrected chi connectivity index (χ3v) is 4.51. The molecule has 29 heavy (non-hydrogen) atoms. The Balaban J connectivity index is 0.00000204. The summed E-state index contributed by atoms with van der Waals surface area (Å²) >= 11 is 6.06. The molecule has 0 radical (unpaired) electrons. The second-order valence-corrected chi connectivity index (χ2v) is 6.85. The van der Waals surface area contributed by atoms with Crippen LogP contribution < -0.4 is 21.1 Å². The van der Waals surface area contributed by atoms with Gasteiger partial charge in [0.25, 0.3) is 0 Å². The molecule has 0 amide bonds. The summed E-state index contributed by atoms with van der Waals surface area (Å²) in [6, 6.07) is 7.92. The number of nitrogens with zero attached hydrogens (tertiary/aromatic N) is 1. The van der Waals surface area contributed by atoms with Crippen LogP contribution in [0.15, 0.2) is 36.5 Å². The van der Waals surface area contributed by atoms with E-state index in [4.69, 9.17) is 32.7 Å². The maximum absolute atomic E-state index is 13.2. The van der Waals surface area contributed by atoms with Gasteiger partial charge in [-0.1, -0.05) is 45.4 Å². The van der Waals surface area contributed by atoms with E-state index in [1.807, 2.05) is 26.0 Å². The molecule has 2 aromatic rings. The van der Waals surface area contributed by atoms with Crippen LogP contribution >= 0.6 is 11.6 Å². The summed E-state index contributed by atoms with van der Waals surface area (Å²) in [6.07, 6.45) is 1.59. The van der Waals surface area contributed by atoms with Gasteiger partial charge in [-0.25, -0.2) is 10.2 Å². The van der Waals surface area contributed by atoms with Crippen molar-refractivity contribution in [3.63, 3.8) is 0 Å². The lowest BCUT2D eigenvalue weighted by Crippen LogP contribution is -2.26. The summed E-state index contributed by atoms with van der Waals surface area (Å²) < 4.78 is 24.1. The van der Waals surface area contributed by atoms with Gasteiger partial charge in [-0.15, -0.1) is 0 Å². The summed E-state index contributed by atoms with van der Waals surface area (Å²) in [5.74, 6) is 7.22. The Kier molecular flexibility index (Phi) is 9.78. The molecule has 0 saturated heterocycles. The molecule has 0 unspecified atom stereocenters. The molecule has 0 aliphatic carbocycles. The van der Waals surface area contributed by atoms with Crippen LogP contribution in [0, 0.1) is 5.82 Å². The van der Waals surface area contributed by atoms with Crippen molar-refractivity contribution in [2.24, 2.45) is 11.6 Å². The number of hydrogen-bond acceptors (Lipinski definition) is 5. The van der Waals surface area contributed by atoms with Gasteiger partial charge in [0.15, 0.2) is 0 Å². The van der Waals surface area contributed by atoms with Crippen LogP contribution in [0.1, 0.15) is 50.3 Å². The number of hydrazine groups is 1. The minimum Gasteiger partial charge on any atom is -0.496 e. The molecule has 0 aliphatic rings. The Hall–Kier alpha value is -2.44. The Labute approximate surface area is 178 Å². The molecule has 0 aromatic heterocycles. The van der Waals surface area contributed by atoms with Crippen molar-refractivity contribution in [1.82, 2.24) is 5.01 Å². The fourth-order valence-electron chi connectivity index (χ4n) is 2.74. The molecular weight excluding hydrogens is 393 g/mol.